The van der Waals surface area contributed by atoms with E-state index in [-0.39, 0.29) is 0 Å². The van der Waals surface area contributed by atoms with Crippen molar-refractivity contribution in [3.8, 4) is 0 Å². The Kier molecular flexibility index (Phi) is 4.30. The molecular weight excluding hydrogens is 294 g/mol. The van der Waals surface area contributed by atoms with E-state index in [1.807, 2.05) is 18.2 Å². The van der Waals surface area contributed by atoms with E-state index in [4.69, 9.17) is 0 Å². The Labute approximate surface area is 136 Å². The number of rotatable bonds is 4. The van der Waals surface area contributed by atoms with Crippen molar-refractivity contribution in [1.29, 1.82) is 0 Å². The molecule has 1 aliphatic rings. The molecule has 22 heavy (non-hydrogen) atoms. The van der Waals surface area contributed by atoms with Crippen LogP contribution in [0.25, 0.3) is 0 Å². The highest BCUT2D eigenvalue weighted by Gasteiger charge is 2.38. The van der Waals surface area contributed by atoms with Gasteiger partial charge in [-0.15, -0.1) is 5.10 Å². The molecule has 1 fully saturated rings. The van der Waals surface area contributed by atoms with Crippen LogP contribution < -0.4 is 0 Å². The fourth-order valence-electron chi connectivity index (χ4n) is 3.29. The van der Waals surface area contributed by atoms with Gasteiger partial charge in [0.05, 0.1) is 10.6 Å². The lowest BCUT2D eigenvalue weighted by atomic mass is 9.89. The largest absolute Gasteiger partial charge is 0.384 e. The van der Waals surface area contributed by atoms with Crippen LogP contribution in [-0.2, 0) is 12.1 Å². The number of aryl methyl sites for hydroxylation is 1. The Balaban J connectivity index is 1.75. The first-order chi connectivity index (χ1) is 10.5. The molecular formula is C17H23N3OS. The van der Waals surface area contributed by atoms with Crippen molar-refractivity contribution >= 4 is 11.5 Å². The lowest BCUT2D eigenvalue weighted by molar-refractivity contribution is 0.0447. The topological polar surface area (TPSA) is 49.2 Å². The molecule has 0 saturated carbocycles. The van der Waals surface area contributed by atoms with Crippen LogP contribution in [0.4, 0.5) is 0 Å². The minimum Gasteiger partial charge on any atom is -0.384 e. The number of aliphatic hydroxyl groups is 1. The summed E-state index contributed by atoms with van der Waals surface area (Å²) in [5.74, 6) is 0.395. The quantitative estimate of drug-likeness (QED) is 0.941. The zero-order chi connectivity index (χ0) is 15.7. The third kappa shape index (κ3) is 2.93. The predicted octanol–water partition coefficient (Wildman–Crippen LogP) is 3.06. The van der Waals surface area contributed by atoms with E-state index in [1.165, 1.54) is 16.4 Å². The maximum atomic E-state index is 11.1. The first-order valence-electron chi connectivity index (χ1n) is 7.81. The summed E-state index contributed by atoms with van der Waals surface area (Å²) in [5.41, 5.74) is 2.58. The molecule has 1 aromatic heterocycles. The van der Waals surface area contributed by atoms with Crippen LogP contribution >= 0.6 is 11.5 Å². The highest BCUT2D eigenvalue weighted by atomic mass is 32.1. The maximum Gasteiger partial charge on any atom is 0.104 e. The second-order valence-electron chi connectivity index (χ2n) is 6.54. The third-order valence-electron chi connectivity index (χ3n) is 4.47. The molecule has 0 aliphatic carbocycles. The molecule has 2 heterocycles. The second-order valence-corrected chi connectivity index (χ2v) is 7.38. The van der Waals surface area contributed by atoms with Gasteiger partial charge in [0.2, 0.25) is 0 Å². The molecule has 2 aromatic rings. The van der Waals surface area contributed by atoms with Crippen molar-refractivity contribution in [3.63, 3.8) is 0 Å². The Morgan fingerprint density at radius 2 is 2.14 bits per heavy atom. The van der Waals surface area contributed by atoms with E-state index in [0.29, 0.717) is 12.5 Å². The van der Waals surface area contributed by atoms with Gasteiger partial charge in [-0.25, -0.2) is 0 Å². The molecule has 1 aliphatic heterocycles. The predicted molar refractivity (Wildman–Crippen MR) is 89.0 cm³/mol. The Hall–Kier alpha value is -1.30. The van der Waals surface area contributed by atoms with Crippen molar-refractivity contribution in [1.82, 2.24) is 14.5 Å². The lowest BCUT2D eigenvalue weighted by Gasteiger charge is -2.25. The number of benzene rings is 1. The van der Waals surface area contributed by atoms with E-state index >= 15 is 0 Å². The molecule has 1 N–H and O–H groups in total. The third-order valence-corrected chi connectivity index (χ3v) is 5.19. The molecule has 5 heteroatoms. The summed E-state index contributed by atoms with van der Waals surface area (Å²) in [6.45, 7) is 8.77. The molecule has 0 amide bonds. The number of β-amino-alcohol motifs (C(OH)–C–C–N with tert-alkyl or cyclic N) is 1. The van der Waals surface area contributed by atoms with Gasteiger partial charge in [0.1, 0.15) is 5.60 Å². The standard InChI is InChI=1S/C17H23N3OS/c1-12(2)16-15(22-19-18-16)10-20-9-8-17(21,11-20)14-7-5-4-6-13(14)3/h4-7,12,21H,8-11H2,1-3H3/t17-/m0/s1. The molecule has 0 radical (unpaired) electrons. The monoisotopic (exact) mass is 317 g/mol. The second kappa shape index (κ2) is 6.07. The zero-order valence-corrected chi connectivity index (χ0v) is 14.2. The van der Waals surface area contributed by atoms with Crippen LogP contribution in [0.15, 0.2) is 24.3 Å². The molecule has 0 bridgehead atoms. The van der Waals surface area contributed by atoms with Gasteiger partial charge in [0.25, 0.3) is 0 Å². The summed E-state index contributed by atoms with van der Waals surface area (Å²) in [7, 11) is 0. The summed E-state index contributed by atoms with van der Waals surface area (Å²) in [5, 5.41) is 15.3. The normalized spacial score (nSPS) is 22.6. The molecule has 118 valence electrons. The first kappa shape index (κ1) is 15.6. The number of hydrogen-bond acceptors (Lipinski definition) is 5. The van der Waals surface area contributed by atoms with Crippen molar-refractivity contribution in [2.75, 3.05) is 13.1 Å². The van der Waals surface area contributed by atoms with Crippen molar-refractivity contribution < 1.29 is 5.11 Å². The van der Waals surface area contributed by atoms with Crippen molar-refractivity contribution in [2.45, 2.75) is 45.3 Å². The average Bonchev–Trinajstić information content (AvgIpc) is 3.07. The fraction of sp³-hybridized carbons (Fsp3) is 0.529. The van der Waals surface area contributed by atoms with Crippen LogP contribution in [-0.4, -0.2) is 32.7 Å². The summed E-state index contributed by atoms with van der Waals surface area (Å²) in [6, 6.07) is 8.15. The highest BCUT2D eigenvalue weighted by molar-refractivity contribution is 7.05. The Bertz CT molecular complexity index is 655. The molecule has 1 atom stereocenters. The van der Waals surface area contributed by atoms with E-state index in [2.05, 4.69) is 41.3 Å². The van der Waals surface area contributed by atoms with E-state index < -0.39 is 5.60 Å². The Morgan fingerprint density at radius 1 is 1.36 bits per heavy atom. The maximum absolute atomic E-state index is 11.1. The van der Waals surface area contributed by atoms with Crippen molar-refractivity contribution in [3.05, 3.63) is 46.0 Å². The summed E-state index contributed by atoms with van der Waals surface area (Å²) in [4.78, 5) is 3.54. The average molecular weight is 317 g/mol. The molecule has 0 unspecified atom stereocenters. The van der Waals surface area contributed by atoms with Crippen LogP contribution in [0.2, 0.25) is 0 Å². The smallest absolute Gasteiger partial charge is 0.104 e. The Morgan fingerprint density at radius 3 is 2.86 bits per heavy atom. The fourth-order valence-corrected chi connectivity index (χ4v) is 4.13. The molecule has 1 aromatic carbocycles. The zero-order valence-electron chi connectivity index (χ0n) is 13.4. The van der Waals surface area contributed by atoms with Gasteiger partial charge in [0, 0.05) is 19.6 Å². The molecule has 1 saturated heterocycles. The van der Waals surface area contributed by atoms with Gasteiger partial charge < -0.3 is 5.11 Å². The van der Waals surface area contributed by atoms with Gasteiger partial charge in [-0.1, -0.05) is 42.6 Å². The van der Waals surface area contributed by atoms with E-state index in [9.17, 15) is 5.11 Å². The summed E-state index contributed by atoms with van der Waals surface area (Å²) < 4.78 is 4.10. The summed E-state index contributed by atoms with van der Waals surface area (Å²) in [6.07, 6.45) is 0.779. The van der Waals surface area contributed by atoms with Crippen LogP contribution in [0, 0.1) is 6.92 Å². The number of likely N-dealkylation sites (tertiary alicyclic amines) is 1. The van der Waals surface area contributed by atoms with Crippen LogP contribution in [0.3, 0.4) is 0 Å². The van der Waals surface area contributed by atoms with Crippen molar-refractivity contribution in [2.24, 2.45) is 0 Å². The highest BCUT2D eigenvalue weighted by Crippen LogP contribution is 2.35. The summed E-state index contributed by atoms with van der Waals surface area (Å²) >= 11 is 1.48. The molecule has 3 rings (SSSR count). The number of hydrogen-bond donors (Lipinski definition) is 1. The lowest BCUT2D eigenvalue weighted by Crippen LogP contribution is -2.31. The molecule has 0 spiro atoms. The molecule has 4 nitrogen and oxygen atoms in total. The van der Waals surface area contributed by atoms with E-state index in [0.717, 1.165) is 36.3 Å². The minimum absolute atomic E-state index is 0.395. The minimum atomic E-state index is -0.735. The van der Waals surface area contributed by atoms with Crippen LogP contribution in [0.5, 0.6) is 0 Å². The van der Waals surface area contributed by atoms with Gasteiger partial charge >= 0.3 is 0 Å². The number of aromatic nitrogens is 2. The van der Waals surface area contributed by atoms with Gasteiger partial charge in [0.15, 0.2) is 0 Å². The number of nitrogens with zero attached hydrogens (tertiary/aromatic N) is 3. The van der Waals surface area contributed by atoms with Crippen LogP contribution in [0.1, 0.15) is 47.9 Å². The van der Waals surface area contributed by atoms with Gasteiger partial charge in [-0.05, 0) is 41.9 Å². The first-order valence-corrected chi connectivity index (χ1v) is 8.59. The van der Waals surface area contributed by atoms with Gasteiger partial charge in [-0.2, -0.15) is 0 Å². The van der Waals surface area contributed by atoms with E-state index in [1.54, 1.807) is 0 Å². The SMILES string of the molecule is Cc1ccccc1[C@]1(O)CCN(Cc2snnc2C(C)C)C1. The van der Waals surface area contributed by atoms with Gasteiger partial charge in [-0.3, -0.25) is 4.90 Å².